The van der Waals surface area contributed by atoms with Crippen molar-refractivity contribution in [3.63, 3.8) is 0 Å². The maximum absolute atomic E-state index is 12.0. The number of hydrogen-bond acceptors (Lipinski definition) is 4. The monoisotopic (exact) mass is 287 g/mol. The lowest BCUT2D eigenvalue weighted by molar-refractivity contribution is -0.141. The number of aliphatic hydroxyl groups excluding tert-OH is 1. The Bertz CT molecular complexity index is 357. The van der Waals surface area contributed by atoms with Crippen molar-refractivity contribution in [3.8, 4) is 0 Å². The third-order valence-corrected chi connectivity index (χ3v) is 3.54. The average Bonchev–Trinajstić information content (AvgIpc) is 2.34. The molecule has 2 atom stereocenters. The SMILES string of the molecule is C[C@@H](O)[C@H](NC(=O)N1CCN(C(C)(C)C)CC1)C(=O)O. The second-order valence-corrected chi connectivity index (χ2v) is 6.15. The maximum Gasteiger partial charge on any atom is 0.328 e. The molecule has 116 valence electrons. The molecule has 7 nitrogen and oxygen atoms in total. The summed E-state index contributed by atoms with van der Waals surface area (Å²) in [7, 11) is 0. The summed E-state index contributed by atoms with van der Waals surface area (Å²) in [5.41, 5.74) is 0.0613. The first-order chi connectivity index (χ1) is 9.12. The molecule has 20 heavy (non-hydrogen) atoms. The van der Waals surface area contributed by atoms with Crippen molar-refractivity contribution < 1.29 is 19.8 Å². The van der Waals surface area contributed by atoms with Crippen LogP contribution in [0.3, 0.4) is 0 Å². The van der Waals surface area contributed by atoms with E-state index in [4.69, 9.17) is 5.11 Å². The van der Waals surface area contributed by atoms with Gasteiger partial charge in [-0.25, -0.2) is 9.59 Å². The maximum atomic E-state index is 12.0. The van der Waals surface area contributed by atoms with Gasteiger partial charge in [-0.1, -0.05) is 0 Å². The Morgan fingerprint density at radius 1 is 1.15 bits per heavy atom. The van der Waals surface area contributed by atoms with Crippen molar-refractivity contribution in [2.45, 2.75) is 45.4 Å². The number of carbonyl (C=O) groups excluding carboxylic acids is 1. The zero-order valence-corrected chi connectivity index (χ0v) is 12.6. The van der Waals surface area contributed by atoms with Gasteiger partial charge in [0.25, 0.3) is 0 Å². The molecule has 2 amide bonds. The summed E-state index contributed by atoms with van der Waals surface area (Å²) >= 11 is 0. The van der Waals surface area contributed by atoms with Crippen LogP contribution in [0.5, 0.6) is 0 Å². The van der Waals surface area contributed by atoms with Crippen LogP contribution in [-0.2, 0) is 4.79 Å². The fourth-order valence-corrected chi connectivity index (χ4v) is 2.19. The molecule has 0 aromatic heterocycles. The van der Waals surface area contributed by atoms with Crippen LogP contribution in [0.4, 0.5) is 4.79 Å². The number of nitrogens with one attached hydrogen (secondary N) is 1. The number of carboxylic acid groups (broad SMARTS) is 1. The fraction of sp³-hybridized carbons (Fsp3) is 0.846. The average molecular weight is 287 g/mol. The Balaban J connectivity index is 2.53. The number of nitrogens with zero attached hydrogens (tertiary/aromatic N) is 2. The summed E-state index contributed by atoms with van der Waals surface area (Å²) in [5.74, 6) is -1.23. The molecule has 0 unspecified atom stereocenters. The lowest BCUT2D eigenvalue weighted by Crippen LogP contribution is -2.59. The molecule has 1 aliphatic rings. The number of piperazine rings is 1. The number of amides is 2. The highest BCUT2D eigenvalue weighted by Gasteiger charge is 2.31. The zero-order valence-electron chi connectivity index (χ0n) is 12.6. The largest absolute Gasteiger partial charge is 0.480 e. The molecule has 7 heteroatoms. The van der Waals surface area contributed by atoms with Gasteiger partial charge in [-0.3, -0.25) is 4.90 Å². The van der Waals surface area contributed by atoms with Crippen molar-refractivity contribution in [1.29, 1.82) is 0 Å². The Hall–Kier alpha value is -1.34. The second-order valence-electron chi connectivity index (χ2n) is 6.15. The molecular formula is C13H25N3O4. The Morgan fingerprint density at radius 3 is 2.00 bits per heavy atom. The van der Waals surface area contributed by atoms with Crippen LogP contribution in [0.2, 0.25) is 0 Å². The summed E-state index contributed by atoms with van der Waals surface area (Å²) < 4.78 is 0. The van der Waals surface area contributed by atoms with Gasteiger partial charge < -0.3 is 20.4 Å². The number of urea groups is 1. The lowest BCUT2D eigenvalue weighted by Gasteiger charge is -2.42. The zero-order chi connectivity index (χ0) is 15.5. The summed E-state index contributed by atoms with van der Waals surface area (Å²) in [6.07, 6.45) is -1.13. The highest BCUT2D eigenvalue weighted by molar-refractivity contribution is 5.83. The van der Waals surface area contributed by atoms with E-state index in [1.165, 1.54) is 6.92 Å². The van der Waals surface area contributed by atoms with Crippen LogP contribution in [0, 0.1) is 0 Å². The van der Waals surface area contributed by atoms with Crippen molar-refractivity contribution in [2.75, 3.05) is 26.2 Å². The third-order valence-electron chi connectivity index (χ3n) is 3.54. The van der Waals surface area contributed by atoms with Crippen molar-refractivity contribution in [3.05, 3.63) is 0 Å². The van der Waals surface area contributed by atoms with Crippen LogP contribution in [-0.4, -0.2) is 75.9 Å². The number of hydrogen-bond donors (Lipinski definition) is 3. The van der Waals surface area contributed by atoms with Crippen LogP contribution >= 0.6 is 0 Å². The third kappa shape index (κ3) is 4.35. The van der Waals surface area contributed by atoms with Gasteiger partial charge in [0.15, 0.2) is 6.04 Å². The molecule has 1 heterocycles. The standard InChI is InChI=1S/C13H25N3O4/c1-9(17)10(11(18)19)14-12(20)15-5-7-16(8-6-15)13(2,3)4/h9-10,17H,5-8H2,1-4H3,(H,14,20)(H,18,19)/t9-,10+/m1/s1. The molecule has 0 aromatic rings. The quantitative estimate of drug-likeness (QED) is 0.676. The molecule has 0 saturated carbocycles. The van der Waals surface area contributed by atoms with Gasteiger partial charge in [-0.15, -0.1) is 0 Å². The van der Waals surface area contributed by atoms with Gasteiger partial charge in [-0.05, 0) is 27.7 Å². The molecule has 1 fully saturated rings. The van der Waals surface area contributed by atoms with E-state index in [2.05, 4.69) is 31.0 Å². The number of aliphatic carboxylic acids is 1. The molecule has 0 bridgehead atoms. The van der Waals surface area contributed by atoms with E-state index in [9.17, 15) is 14.7 Å². The number of carbonyl (C=O) groups is 2. The van der Waals surface area contributed by atoms with E-state index in [0.29, 0.717) is 13.1 Å². The van der Waals surface area contributed by atoms with E-state index in [0.717, 1.165) is 13.1 Å². The number of rotatable bonds is 3. The molecule has 0 aliphatic carbocycles. The fourth-order valence-electron chi connectivity index (χ4n) is 2.19. The highest BCUT2D eigenvalue weighted by Crippen LogP contribution is 2.15. The van der Waals surface area contributed by atoms with E-state index in [1.54, 1.807) is 4.90 Å². The van der Waals surface area contributed by atoms with Gasteiger partial charge in [0.1, 0.15) is 0 Å². The van der Waals surface area contributed by atoms with Crippen molar-refractivity contribution in [2.24, 2.45) is 0 Å². The molecule has 0 spiro atoms. The summed E-state index contributed by atoms with van der Waals surface area (Å²) in [6.45, 7) is 10.3. The Labute approximate surface area is 119 Å². The lowest BCUT2D eigenvalue weighted by atomic mass is 10.1. The van der Waals surface area contributed by atoms with Gasteiger partial charge in [-0.2, -0.15) is 0 Å². The van der Waals surface area contributed by atoms with E-state index in [-0.39, 0.29) is 5.54 Å². The summed E-state index contributed by atoms with van der Waals surface area (Å²) in [4.78, 5) is 26.8. The van der Waals surface area contributed by atoms with E-state index < -0.39 is 24.1 Å². The van der Waals surface area contributed by atoms with Gasteiger partial charge in [0.2, 0.25) is 0 Å². The van der Waals surface area contributed by atoms with Gasteiger partial charge >= 0.3 is 12.0 Å². The Morgan fingerprint density at radius 2 is 1.65 bits per heavy atom. The van der Waals surface area contributed by atoms with Crippen molar-refractivity contribution in [1.82, 2.24) is 15.1 Å². The Kier molecular flexibility index (Phi) is 5.35. The molecular weight excluding hydrogens is 262 g/mol. The first-order valence-corrected chi connectivity index (χ1v) is 6.84. The topological polar surface area (TPSA) is 93.1 Å². The molecule has 1 saturated heterocycles. The van der Waals surface area contributed by atoms with Crippen molar-refractivity contribution >= 4 is 12.0 Å². The van der Waals surface area contributed by atoms with Crippen LogP contribution < -0.4 is 5.32 Å². The minimum absolute atomic E-state index is 0.0613. The van der Waals surface area contributed by atoms with Crippen LogP contribution in [0.15, 0.2) is 0 Å². The van der Waals surface area contributed by atoms with Gasteiger partial charge in [0, 0.05) is 31.7 Å². The van der Waals surface area contributed by atoms with Crippen LogP contribution in [0.1, 0.15) is 27.7 Å². The molecule has 1 aliphatic heterocycles. The minimum atomic E-state index is -1.27. The minimum Gasteiger partial charge on any atom is -0.480 e. The summed E-state index contributed by atoms with van der Waals surface area (Å²) in [5, 5.41) is 20.7. The van der Waals surface area contributed by atoms with E-state index in [1.807, 2.05) is 0 Å². The molecule has 3 N–H and O–H groups in total. The normalized spacial score (nSPS) is 20.4. The molecule has 1 rings (SSSR count). The second kappa shape index (κ2) is 6.41. The predicted octanol–water partition coefficient (Wildman–Crippen LogP) is -0.0539. The molecule has 0 aromatic carbocycles. The molecule has 0 radical (unpaired) electrons. The predicted molar refractivity (Wildman–Crippen MR) is 74.5 cm³/mol. The van der Waals surface area contributed by atoms with Crippen LogP contribution in [0.25, 0.3) is 0 Å². The van der Waals surface area contributed by atoms with Gasteiger partial charge in [0.05, 0.1) is 6.10 Å². The number of carboxylic acids is 1. The first-order valence-electron chi connectivity index (χ1n) is 6.84. The summed E-state index contributed by atoms with van der Waals surface area (Å²) in [6, 6.07) is -1.71. The smallest absolute Gasteiger partial charge is 0.328 e. The number of aliphatic hydroxyl groups is 1. The first kappa shape index (κ1) is 16.7. The highest BCUT2D eigenvalue weighted by atomic mass is 16.4. The van der Waals surface area contributed by atoms with E-state index >= 15 is 0 Å².